The van der Waals surface area contributed by atoms with Crippen LogP contribution in [0.4, 0.5) is 8.78 Å². The van der Waals surface area contributed by atoms with Crippen LogP contribution in [0.1, 0.15) is 5.56 Å². The third kappa shape index (κ3) is 3.75. The number of nitrogens with zero attached hydrogens (tertiary/aromatic N) is 2. The Balaban J connectivity index is 1.91. The zero-order chi connectivity index (χ0) is 14.7. The molecule has 6 heteroatoms. The van der Waals surface area contributed by atoms with Crippen LogP contribution in [0.3, 0.4) is 0 Å². The van der Waals surface area contributed by atoms with Crippen LogP contribution >= 0.6 is 15.9 Å². The highest BCUT2D eigenvalue weighted by Crippen LogP contribution is 2.21. The molecule has 1 aliphatic heterocycles. The van der Waals surface area contributed by atoms with E-state index in [-0.39, 0.29) is 12.1 Å². The molecule has 0 saturated carbocycles. The van der Waals surface area contributed by atoms with Crippen LogP contribution in [-0.2, 0) is 6.54 Å². The summed E-state index contributed by atoms with van der Waals surface area (Å²) in [5.74, 6) is -1.03. The number of hydrogen-bond donors (Lipinski definition) is 1. The van der Waals surface area contributed by atoms with Crippen LogP contribution in [-0.4, -0.2) is 56.1 Å². The maximum Gasteiger partial charge on any atom is 0.144 e. The number of hydrogen-bond acceptors (Lipinski definition) is 3. The number of nitrogens with one attached hydrogen (secondary N) is 1. The van der Waals surface area contributed by atoms with Crippen molar-refractivity contribution in [3.8, 4) is 0 Å². The van der Waals surface area contributed by atoms with Gasteiger partial charge in [0.1, 0.15) is 11.6 Å². The van der Waals surface area contributed by atoms with Gasteiger partial charge in [-0.05, 0) is 42.2 Å². The fourth-order valence-electron chi connectivity index (χ4n) is 2.42. The maximum absolute atomic E-state index is 13.8. The Morgan fingerprint density at radius 2 is 2.05 bits per heavy atom. The smallest absolute Gasteiger partial charge is 0.144 e. The summed E-state index contributed by atoms with van der Waals surface area (Å²) in [6.07, 6.45) is 0. The fraction of sp³-hybridized carbons (Fsp3) is 0.571. The Bertz CT molecular complexity index is 470. The molecule has 1 saturated heterocycles. The van der Waals surface area contributed by atoms with E-state index in [9.17, 15) is 8.78 Å². The van der Waals surface area contributed by atoms with Crippen molar-refractivity contribution in [2.24, 2.45) is 0 Å². The van der Waals surface area contributed by atoms with Crippen molar-refractivity contribution in [1.82, 2.24) is 15.1 Å². The summed E-state index contributed by atoms with van der Waals surface area (Å²) in [4.78, 5) is 4.55. The van der Waals surface area contributed by atoms with Crippen molar-refractivity contribution >= 4 is 15.9 Å². The van der Waals surface area contributed by atoms with Crippen molar-refractivity contribution in [1.29, 1.82) is 0 Å². The number of benzene rings is 1. The third-order valence-corrected chi connectivity index (χ3v) is 4.41. The lowest BCUT2D eigenvalue weighted by Crippen LogP contribution is -2.53. The van der Waals surface area contributed by atoms with E-state index in [0.29, 0.717) is 17.1 Å². The standard InChI is InChI=1S/C14H20BrF2N3/c1-19-5-6-20(2)10(9-19)7-18-8-11-13(16)4-3-12(15)14(11)17/h3-4,10,18H,5-9H2,1-2H3. The van der Waals surface area contributed by atoms with Gasteiger partial charge in [-0.3, -0.25) is 4.90 Å². The topological polar surface area (TPSA) is 18.5 Å². The minimum absolute atomic E-state index is 0.0891. The molecule has 0 bridgehead atoms. The van der Waals surface area contributed by atoms with E-state index in [1.54, 1.807) is 0 Å². The molecule has 3 nitrogen and oxygen atoms in total. The first kappa shape index (κ1) is 15.8. The van der Waals surface area contributed by atoms with Gasteiger partial charge in [-0.15, -0.1) is 0 Å². The zero-order valence-electron chi connectivity index (χ0n) is 11.8. The summed E-state index contributed by atoms with van der Waals surface area (Å²) < 4.78 is 27.7. The SMILES string of the molecule is CN1CCN(C)C(CNCc2c(F)ccc(Br)c2F)C1. The first-order valence-electron chi connectivity index (χ1n) is 6.71. The molecule has 1 aliphatic rings. The van der Waals surface area contributed by atoms with Gasteiger partial charge in [-0.25, -0.2) is 8.78 Å². The molecule has 0 spiro atoms. The van der Waals surface area contributed by atoms with Crippen molar-refractivity contribution < 1.29 is 8.78 Å². The Morgan fingerprint density at radius 1 is 1.30 bits per heavy atom. The lowest BCUT2D eigenvalue weighted by molar-refractivity contribution is 0.113. The number of likely N-dealkylation sites (N-methyl/N-ethyl adjacent to an activating group) is 2. The molecule has 20 heavy (non-hydrogen) atoms. The monoisotopic (exact) mass is 347 g/mol. The number of halogens is 3. The van der Waals surface area contributed by atoms with E-state index in [0.717, 1.165) is 19.6 Å². The van der Waals surface area contributed by atoms with Gasteiger partial charge in [0.2, 0.25) is 0 Å². The second-order valence-electron chi connectivity index (χ2n) is 5.35. The molecule has 1 aromatic rings. The Labute approximate surface area is 127 Å². The minimum Gasteiger partial charge on any atom is -0.311 e. The first-order valence-corrected chi connectivity index (χ1v) is 7.50. The number of rotatable bonds is 4. The normalized spacial score (nSPS) is 21.4. The molecule has 112 valence electrons. The molecule has 1 aromatic carbocycles. The number of piperazine rings is 1. The molecule has 1 unspecified atom stereocenters. The summed E-state index contributed by atoms with van der Waals surface area (Å²) in [6.45, 7) is 3.95. The van der Waals surface area contributed by atoms with Crippen LogP contribution in [0.15, 0.2) is 16.6 Å². The van der Waals surface area contributed by atoms with Gasteiger partial charge in [0.25, 0.3) is 0 Å². The van der Waals surface area contributed by atoms with Gasteiger partial charge in [0, 0.05) is 44.3 Å². The largest absolute Gasteiger partial charge is 0.311 e. The lowest BCUT2D eigenvalue weighted by atomic mass is 10.1. The summed E-state index contributed by atoms with van der Waals surface area (Å²) >= 11 is 3.08. The third-order valence-electron chi connectivity index (χ3n) is 3.80. The van der Waals surface area contributed by atoms with E-state index in [1.165, 1.54) is 12.1 Å². The van der Waals surface area contributed by atoms with Gasteiger partial charge < -0.3 is 10.2 Å². The highest BCUT2D eigenvalue weighted by atomic mass is 79.9. The van der Waals surface area contributed by atoms with Crippen molar-refractivity contribution in [3.05, 3.63) is 33.8 Å². The second kappa shape index (κ2) is 6.93. The van der Waals surface area contributed by atoms with Crippen LogP contribution in [0.2, 0.25) is 0 Å². The summed E-state index contributed by atoms with van der Waals surface area (Å²) in [7, 11) is 4.17. The van der Waals surface area contributed by atoms with Crippen molar-refractivity contribution in [2.75, 3.05) is 40.3 Å². The van der Waals surface area contributed by atoms with Crippen LogP contribution in [0, 0.1) is 11.6 Å². The molecule has 1 heterocycles. The predicted octanol–water partition coefficient (Wildman–Crippen LogP) is 2.06. The molecule has 1 atom stereocenters. The van der Waals surface area contributed by atoms with Gasteiger partial charge in [0.05, 0.1) is 4.47 Å². The quantitative estimate of drug-likeness (QED) is 0.841. The van der Waals surface area contributed by atoms with E-state index in [2.05, 4.69) is 45.1 Å². The van der Waals surface area contributed by atoms with Crippen LogP contribution < -0.4 is 5.32 Å². The second-order valence-corrected chi connectivity index (χ2v) is 6.20. The molecule has 0 aliphatic carbocycles. The van der Waals surface area contributed by atoms with Gasteiger partial charge in [-0.1, -0.05) is 0 Å². The van der Waals surface area contributed by atoms with Gasteiger partial charge in [0.15, 0.2) is 0 Å². The van der Waals surface area contributed by atoms with E-state index < -0.39 is 11.6 Å². The Morgan fingerprint density at radius 3 is 2.80 bits per heavy atom. The first-order chi connectivity index (χ1) is 9.49. The molecule has 0 radical (unpaired) electrons. The lowest BCUT2D eigenvalue weighted by Gasteiger charge is -2.37. The highest BCUT2D eigenvalue weighted by molar-refractivity contribution is 9.10. The highest BCUT2D eigenvalue weighted by Gasteiger charge is 2.22. The zero-order valence-corrected chi connectivity index (χ0v) is 13.4. The average molecular weight is 348 g/mol. The summed E-state index contributed by atoms with van der Waals surface area (Å²) in [5.41, 5.74) is 0.0891. The van der Waals surface area contributed by atoms with E-state index >= 15 is 0 Å². The minimum atomic E-state index is -0.522. The van der Waals surface area contributed by atoms with E-state index in [1.807, 2.05) is 0 Å². The molecular weight excluding hydrogens is 328 g/mol. The molecule has 0 aromatic heterocycles. The Kier molecular flexibility index (Phi) is 5.49. The van der Waals surface area contributed by atoms with Crippen molar-refractivity contribution in [3.63, 3.8) is 0 Å². The molecule has 2 rings (SSSR count). The van der Waals surface area contributed by atoms with Crippen LogP contribution in [0.25, 0.3) is 0 Å². The molecular formula is C14H20BrF2N3. The predicted molar refractivity (Wildman–Crippen MR) is 79.7 cm³/mol. The summed E-state index contributed by atoms with van der Waals surface area (Å²) in [6, 6.07) is 3.04. The van der Waals surface area contributed by atoms with Gasteiger partial charge in [-0.2, -0.15) is 0 Å². The molecule has 1 N–H and O–H groups in total. The van der Waals surface area contributed by atoms with E-state index in [4.69, 9.17) is 0 Å². The molecule has 1 fully saturated rings. The summed E-state index contributed by atoms with van der Waals surface area (Å²) in [5, 5.41) is 3.16. The van der Waals surface area contributed by atoms with Crippen LogP contribution in [0.5, 0.6) is 0 Å². The van der Waals surface area contributed by atoms with Crippen molar-refractivity contribution in [2.45, 2.75) is 12.6 Å². The fourth-order valence-corrected chi connectivity index (χ4v) is 2.79. The maximum atomic E-state index is 13.8. The Hall–Kier alpha value is -0.560. The van der Waals surface area contributed by atoms with Gasteiger partial charge >= 0.3 is 0 Å². The molecule has 0 amide bonds. The average Bonchev–Trinajstić information content (AvgIpc) is 2.42.